The van der Waals surface area contributed by atoms with Crippen molar-refractivity contribution in [1.29, 1.82) is 0 Å². The van der Waals surface area contributed by atoms with E-state index >= 15 is 0 Å². The number of anilines is 1. The zero-order valence-electron chi connectivity index (χ0n) is 21.2. The molecule has 9 nitrogen and oxygen atoms in total. The number of carbonyl (C=O) groups is 1. The van der Waals surface area contributed by atoms with Gasteiger partial charge in [-0.05, 0) is 68.3 Å². The monoisotopic (exact) mass is 531 g/mol. The maximum absolute atomic E-state index is 12.9. The van der Waals surface area contributed by atoms with Gasteiger partial charge < -0.3 is 19.5 Å². The van der Waals surface area contributed by atoms with Crippen molar-refractivity contribution in [3.63, 3.8) is 0 Å². The van der Waals surface area contributed by atoms with Gasteiger partial charge in [0.25, 0.3) is 0 Å². The topological polar surface area (TPSA) is 101 Å². The number of carbonyl (C=O) groups excluding carboxylic acids is 1. The van der Waals surface area contributed by atoms with Crippen LogP contribution in [-0.2, 0) is 11.3 Å². The number of halogens is 3. The van der Waals surface area contributed by atoms with E-state index in [0.717, 1.165) is 0 Å². The smallest absolute Gasteiger partial charge is 0.506 e. The number of nitrogens with zero attached hydrogens (tertiary/aromatic N) is 5. The molecule has 0 bridgehead atoms. The van der Waals surface area contributed by atoms with Crippen molar-refractivity contribution >= 4 is 11.8 Å². The zero-order chi connectivity index (χ0) is 27.5. The summed E-state index contributed by atoms with van der Waals surface area (Å²) in [7, 11) is 0. The molecular weight excluding hydrogens is 503 g/mol. The largest absolute Gasteiger partial charge is 0.573 e. The Kier molecular flexibility index (Phi) is 7.72. The highest BCUT2D eigenvalue weighted by atomic mass is 19.4. The van der Waals surface area contributed by atoms with E-state index < -0.39 is 17.9 Å². The van der Waals surface area contributed by atoms with Crippen molar-refractivity contribution in [1.82, 2.24) is 20.1 Å². The van der Waals surface area contributed by atoms with Gasteiger partial charge in [0.1, 0.15) is 17.1 Å². The molecule has 3 aromatic rings. The molecule has 38 heavy (non-hydrogen) atoms. The van der Waals surface area contributed by atoms with Crippen LogP contribution in [0.5, 0.6) is 11.5 Å². The lowest BCUT2D eigenvalue weighted by molar-refractivity contribution is -0.274. The number of hydrogen-bond donors (Lipinski definition) is 1. The minimum atomic E-state index is -4.83. The van der Waals surface area contributed by atoms with Crippen LogP contribution in [0.1, 0.15) is 36.8 Å². The van der Waals surface area contributed by atoms with Crippen molar-refractivity contribution < 1.29 is 32.5 Å². The fourth-order valence-corrected chi connectivity index (χ4v) is 4.02. The summed E-state index contributed by atoms with van der Waals surface area (Å²) in [6.07, 6.45) is -2.13. The Labute approximate surface area is 217 Å². The number of aromatic hydroxyl groups is 1. The molecule has 1 fully saturated rings. The van der Waals surface area contributed by atoms with Crippen LogP contribution >= 0.6 is 0 Å². The molecule has 1 N–H and O–H groups in total. The van der Waals surface area contributed by atoms with Gasteiger partial charge in [-0.1, -0.05) is 0 Å². The van der Waals surface area contributed by atoms with E-state index in [9.17, 15) is 23.1 Å². The van der Waals surface area contributed by atoms with Crippen LogP contribution < -0.4 is 9.64 Å². The van der Waals surface area contributed by atoms with Gasteiger partial charge in [-0.2, -0.15) is 0 Å². The van der Waals surface area contributed by atoms with E-state index in [4.69, 9.17) is 4.74 Å². The van der Waals surface area contributed by atoms with Crippen LogP contribution in [0, 0.1) is 0 Å². The van der Waals surface area contributed by atoms with Gasteiger partial charge in [0.2, 0.25) is 0 Å². The molecule has 0 spiro atoms. The summed E-state index contributed by atoms with van der Waals surface area (Å²) in [5.74, 6) is -0.355. The number of benzene rings is 1. The number of rotatable bonds is 6. The van der Waals surface area contributed by atoms with Gasteiger partial charge in [0.15, 0.2) is 11.5 Å². The van der Waals surface area contributed by atoms with Crippen LogP contribution in [0.15, 0.2) is 48.8 Å². The van der Waals surface area contributed by atoms with Gasteiger partial charge in [0, 0.05) is 44.5 Å². The summed E-state index contributed by atoms with van der Waals surface area (Å²) in [5.41, 5.74) is 1.04. The molecule has 202 valence electrons. The van der Waals surface area contributed by atoms with E-state index in [0.29, 0.717) is 55.2 Å². The highest BCUT2D eigenvalue weighted by molar-refractivity contribution is 5.87. The predicted octanol–water partition coefficient (Wildman–Crippen LogP) is 4.42. The summed E-state index contributed by atoms with van der Waals surface area (Å²) < 4.78 is 48.3. The van der Waals surface area contributed by atoms with Crippen molar-refractivity contribution in [2.24, 2.45) is 0 Å². The quantitative estimate of drug-likeness (QED) is 0.463. The summed E-state index contributed by atoms with van der Waals surface area (Å²) in [5, 5.41) is 17.9. The van der Waals surface area contributed by atoms with E-state index in [1.54, 1.807) is 39.0 Å². The number of piperazine rings is 1. The highest BCUT2D eigenvalue weighted by Crippen LogP contribution is 2.31. The second kappa shape index (κ2) is 10.8. The number of alkyl halides is 3. The van der Waals surface area contributed by atoms with Gasteiger partial charge in [-0.15, -0.1) is 23.4 Å². The number of aromatic nitrogens is 3. The average molecular weight is 532 g/mol. The molecular formula is C26H28F3N5O4. The molecule has 4 rings (SSSR count). The summed E-state index contributed by atoms with van der Waals surface area (Å²) in [6, 6.07) is 9.11. The lowest BCUT2D eigenvalue weighted by Gasteiger charge is -2.35. The minimum Gasteiger partial charge on any atom is -0.506 e. The molecule has 0 saturated carbocycles. The Hall–Kier alpha value is -3.93. The summed E-state index contributed by atoms with van der Waals surface area (Å²) >= 11 is 0. The molecule has 1 aliphatic heterocycles. The summed E-state index contributed by atoms with van der Waals surface area (Å²) in [4.78, 5) is 20.2. The third kappa shape index (κ3) is 7.54. The lowest BCUT2D eigenvalue weighted by Crippen LogP contribution is -2.46. The summed E-state index contributed by atoms with van der Waals surface area (Å²) in [6.45, 7) is 8.20. The number of hydrogen-bond acceptors (Lipinski definition) is 9. The minimum absolute atomic E-state index is 0.0930. The van der Waals surface area contributed by atoms with E-state index in [1.807, 2.05) is 4.90 Å². The maximum atomic E-state index is 12.9. The first-order valence-electron chi connectivity index (χ1n) is 11.9. The molecule has 0 unspecified atom stereocenters. The van der Waals surface area contributed by atoms with Gasteiger partial charge in [0.05, 0.1) is 6.20 Å². The molecule has 0 amide bonds. The lowest BCUT2D eigenvalue weighted by atomic mass is 10.0. The number of ether oxygens (including phenoxy) is 2. The molecule has 12 heteroatoms. The van der Waals surface area contributed by atoms with Crippen molar-refractivity contribution in [3.8, 4) is 22.6 Å². The Morgan fingerprint density at radius 2 is 1.71 bits per heavy atom. The first kappa shape index (κ1) is 27.1. The fraction of sp³-hybridized carbons (Fsp3) is 0.385. The fourth-order valence-electron chi connectivity index (χ4n) is 4.02. The van der Waals surface area contributed by atoms with Gasteiger partial charge in [-0.25, -0.2) is 4.79 Å². The second-order valence-corrected chi connectivity index (χ2v) is 9.89. The molecule has 1 aromatic carbocycles. The maximum Gasteiger partial charge on any atom is 0.573 e. The van der Waals surface area contributed by atoms with Crippen molar-refractivity contribution in [3.05, 3.63) is 60.0 Å². The van der Waals surface area contributed by atoms with Crippen LogP contribution in [0.4, 0.5) is 19.0 Å². The molecule has 3 heterocycles. The standard InChI is InChI=1S/C26H28F3N5O4/c1-25(2,3)38-24(36)22-4-5-23(32-31-22)34-8-6-33(7-9-34)16-17-10-18(19-12-20(35)15-30-14-19)13-21(11-17)37-26(27,28)29/h4-5,10-15,35H,6-9,16H2,1-3H3. The first-order valence-corrected chi connectivity index (χ1v) is 11.9. The van der Waals surface area contributed by atoms with Gasteiger partial charge in [-0.3, -0.25) is 9.88 Å². The normalized spacial score (nSPS) is 14.8. The van der Waals surface area contributed by atoms with Crippen LogP contribution in [0.3, 0.4) is 0 Å². The third-order valence-electron chi connectivity index (χ3n) is 5.62. The third-order valence-corrected chi connectivity index (χ3v) is 5.62. The molecule has 0 atom stereocenters. The van der Waals surface area contributed by atoms with E-state index in [-0.39, 0.29) is 17.2 Å². The molecule has 0 aliphatic carbocycles. The Morgan fingerprint density at radius 1 is 0.974 bits per heavy atom. The Balaban J connectivity index is 1.42. The van der Waals surface area contributed by atoms with Crippen molar-refractivity contribution in [2.75, 3.05) is 31.1 Å². The van der Waals surface area contributed by atoms with Gasteiger partial charge >= 0.3 is 12.3 Å². The highest BCUT2D eigenvalue weighted by Gasteiger charge is 2.31. The first-order chi connectivity index (χ1) is 17.8. The molecule has 2 aromatic heterocycles. The average Bonchev–Trinajstić information content (AvgIpc) is 2.82. The van der Waals surface area contributed by atoms with Crippen LogP contribution in [0.25, 0.3) is 11.1 Å². The van der Waals surface area contributed by atoms with E-state index in [1.165, 1.54) is 30.6 Å². The second-order valence-electron chi connectivity index (χ2n) is 9.89. The number of pyridine rings is 1. The Bertz CT molecular complexity index is 1270. The predicted molar refractivity (Wildman–Crippen MR) is 133 cm³/mol. The van der Waals surface area contributed by atoms with E-state index in [2.05, 4.69) is 24.8 Å². The molecule has 0 radical (unpaired) electrons. The number of esters is 1. The molecule has 1 aliphatic rings. The Morgan fingerprint density at radius 3 is 2.32 bits per heavy atom. The zero-order valence-corrected chi connectivity index (χ0v) is 21.2. The van der Waals surface area contributed by atoms with Crippen LogP contribution in [0.2, 0.25) is 0 Å². The SMILES string of the molecule is CC(C)(C)OC(=O)c1ccc(N2CCN(Cc3cc(OC(F)(F)F)cc(-c4cncc(O)c4)c3)CC2)nn1. The van der Waals surface area contributed by atoms with Crippen molar-refractivity contribution in [2.45, 2.75) is 39.3 Å². The molecule has 1 saturated heterocycles. The van der Waals surface area contributed by atoms with Crippen LogP contribution in [-0.4, -0.2) is 69.3 Å².